The molecule has 0 aliphatic rings. The fourth-order valence-corrected chi connectivity index (χ4v) is 0.295. The first kappa shape index (κ1) is 6.70. The van der Waals surface area contributed by atoms with Crippen LogP contribution in [0.4, 0.5) is 0 Å². The van der Waals surface area contributed by atoms with E-state index in [0.29, 0.717) is 5.03 Å². The molecule has 7 heavy (non-hydrogen) atoms. The third kappa shape index (κ3) is 3.53. The van der Waals surface area contributed by atoms with Gasteiger partial charge in [-0.2, -0.15) is 0 Å². The molecule has 0 amide bonds. The maximum absolute atomic E-state index is 5.48. The lowest BCUT2D eigenvalue weighted by Crippen LogP contribution is -1.68. The molecular weight excluding hydrogens is 110 g/mol. The topological polar surface area (TPSA) is 12.4 Å². The molecule has 0 rings (SSSR count). The summed E-state index contributed by atoms with van der Waals surface area (Å²) >= 11 is 5.48. The molecule has 0 radical (unpaired) electrons. The largest absolute Gasteiger partial charge is 0.295 e. The predicted molar refractivity (Wildman–Crippen MR) is 34.0 cm³/mol. The Morgan fingerprint density at radius 2 is 2.29 bits per heavy atom. The molecule has 40 valence electrons. The highest BCUT2D eigenvalue weighted by molar-refractivity contribution is 6.39. The van der Waals surface area contributed by atoms with E-state index in [4.69, 9.17) is 11.6 Å². The SMILES string of the molecule is C/C=C(/Cl)C=NC. The molecule has 0 aliphatic heterocycles. The number of allylic oxidation sites excluding steroid dienone is 2. The van der Waals surface area contributed by atoms with E-state index >= 15 is 0 Å². The molecule has 0 atom stereocenters. The maximum atomic E-state index is 5.48. The van der Waals surface area contributed by atoms with Crippen LogP contribution in [0.2, 0.25) is 0 Å². The maximum Gasteiger partial charge on any atom is 0.0541 e. The lowest BCUT2D eigenvalue weighted by Gasteiger charge is -1.77. The summed E-state index contributed by atoms with van der Waals surface area (Å²) in [6.07, 6.45) is 3.39. The average Bonchev–Trinajstić information content (AvgIpc) is 1.68. The molecule has 0 heterocycles. The molecule has 0 aromatic heterocycles. The van der Waals surface area contributed by atoms with Gasteiger partial charge in [0.1, 0.15) is 0 Å². The molecule has 0 N–H and O–H groups in total. The van der Waals surface area contributed by atoms with Gasteiger partial charge >= 0.3 is 0 Å². The van der Waals surface area contributed by atoms with E-state index in [1.165, 1.54) is 0 Å². The van der Waals surface area contributed by atoms with Gasteiger partial charge in [-0.25, -0.2) is 0 Å². The van der Waals surface area contributed by atoms with Crippen LogP contribution in [0.15, 0.2) is 16.1 Å². The summed E-state index contributed by atoms with van der Waals surface area (Å²) < 4.78 is 0. The molecule has 0 unspecified atom stereocenters. The van der Waals surface area contributed by atoms with Crippen molar-refractivity contribution in [3.8, 4) is 0 Å². The Balaban J connectivity index is 3.58. The van der Waals surface area contributed by atoms with Crippen LogP contribution in [-0.2, 0) is 0 Å². The number of rotatable bonds is 1. The zero-order valence-electron chi connectivity index (χ0n) is 4.48. The average molecular weight is 118 g/mol. The van der Waals surface area contributed by atoms with Gasteiger partial charge in [-0.3, -0.25) is 4.99 Å². The van der Waals surface area contributed by atoms with Crippen molar-refractivity contribution in [2.75, 3.05) is 7.05 Å². The Labute approximate surface area is 48.7 Å². The highest BCUT2D eigenvalue weighted by atomic mass is 35.5. The second-order valence-corrected chi connectivity index (χ2v) is 1.50. The van der Waals surface area contributed by atoms with Crippen LogP contribution in [0.3, 0.4) is 0 Å². The van der Waals surface area contributed by atoms with Crippen molar-refractivity contribution in [1.82, 2.24) is 0 Å². The number of hydrogen-bond acceptors (Lipinski definition) is 1. The van der Waals surface area contributed by atoms with E-state index in [1.54, 1.807) is 19.3 Å². The first-order valence-electron chi connectivity index (χ1n) is 2.05. The van der Waals surface area contributed by atoms with Crippen LogP contribution in [0.25, 0.3) is 0 Å². The first-order chi connectivity index (χ1) is 3.31. The Morgan fingerprint density at radius 3 is 2.43 bits per heavy atom. The van der Waals surface area contributed by atoms with Crippen molar-refractivity contribution in [1.29, 1.82) is 0 Å². The lowest BCUT2D eigenvalue weighted by molar-refractivity contribution is 1.47. The fourth-order valence-electron chi connectivity index (χ4n) is 0.198. The summed E-state index contributed by atoms with van der Waals surface area (Å²) in [5.41, 5.74) is 0. The molecule has 0 saturated heterocycles. The van der Waals surface area contributed by atoms with E-state index < -0.39 is 0 Å². The Kier molecular flexibility index (Phi) is 3.71. The number of nitrogens with zero attached hydrogens (tertiary/aromatic N) is 1. The van der Waals surface area contributed by atoms with Gasteiger partial charge in [-0.1, -0.05) is 17.7 Å². The summed E-state index contributed by atoms with van der Waals surface area (Å²) in [6, 6.07) is 0. The van der Waals surface area contributed by atoms with Crippen molar-refractivity contribution in [2.24, 2.45) is 4.99 Å². The van der Waals surface area contributed by atoms with E-state index in [9.17, 15) is 0 Å². The monoisotopic (exact) mass is 117 g/mol. The zero-order valence-corrected chi connectivity index (χ0v) is 5.24. The molecule has 2 heteroatoms. The molecule has 0 aliphatic carbocycles. The second-order valence-electron chi connectivity index (χ2n) is 1.06. The minimum absolute atomic E-state index is 0.683. The summed E-state index contributed by atoms with van der Waals surface area (Å²) in [6.45, 7) is 1.87. The third-order valence-electron chi connectivity index (χ3n) is 0.528. The van der Waals surface area contributed by atoms with Crippen LogP contribution in [0, 0.1) is 0 Å². The standard InChI is InChI=1S/C5H8ClN/c1-3-5(6)4-7-2/h3-4H,1-2H3/b5-3+,7-4?. The minimum Gasteiger partial charge on any atom is -0.295 e. The Hall–Kier alpha value is -0.300. The van der Waals surface area contributed by atoms with Crippen LogP contribution >= 0.6 is 11.6 Å². The molecule has 0 aromatic rings. The summed E-state index contributed by atoms with van der Waals surface area (Å²) in [5, 5.41) is 0.683. The van der Waals surface area contributed by atoms with E-state index in [0.717, 1.165) is 0 Å². The van der Waals surface area contributed by atoms with Gasteiger partial charge in [-0.15, -0.1) is 0 Å². The van der Waals surface area contributed by atoms with Crippen molar-refractivity contribution in [2.45, 2.75) is 6.92 Å². The minimum atomic E-state index is 0.683. The van der Waals surface area contributed by atoms with E-state index in [1.807, 2.05) is 6.92 Å². The molecule has 0 fully saturated rings. The van der Waals surface area contributed by atoms with Crippen LogP contribution in [-0.4, -0.2) is 13.3 Å². The molecule has 0 saturated carbocycles. The molecule has 0 aromatic carbocycles. The summed E-state index contributed by atoms with van der Waals surface area (Å²) in [4.78, 5) is 3.68. The van der Waals surface area contributed by atoms with E-state index in [2.05, 4.69) is 4.99 Å². The molecule has 0 spiro atoms. The predicted octanol–water partition coefficient (Wildman–Crippen LogP) is 1.83. The normalized spacial score (nSPS) is 13.3. The summed E-state index contributed by atoms with van der Waals surface area (Å²) in [7, 11) is 1.69. The lowest BCUT2D eigenvalue weighted by atomic mass is 10.5. The van der Waals surface area contributed by atoms with Gasteiger partial charge in [0.25, 0.3) is 0 Å². The molecule has 0 bridgehead atoms. The second kappa shape index (κ2) is 3.88. The van der Waals surface area contributed by atoms with Gasteiger partial charge in [-0.05, 0) is 6.92 Å². The Morgan fingerprint density at radius 1 is 1.71 bits per heavy atom. The van der Waals surface area contributed by atoms with Crippen LogP contribution in [0.5, 0.6) is 0 Å². The summed E-state index contributed by atoms with van der Waals surface area (Å²) in [5.74, 6) is 0. The molecular formula is C5H8ClN. The third-order valence-corrected chi connectivity index (χ3v) is 0.844. The van der Waals surface area contributed by atoms with Gasteiger partial charge in [0.2, 0.25) is 0 Å². The number of hydrogen-bond donors (Lipinski definition) is 0. The van der Waals surface area contributed by atoms with E-state index in [-0.39, 0.29) is 0 Å². The number of aliphatic imine (C=N–C) groups is 1. The van der Waals surface area contributed by atoms with Gasteiger partial charge in [0.05, 0.1) is 5.03 Å². The first-order valence-corrected chi connectivity index (χ1v) is 2.43. The highest BCUT2D eigenvalue weighted by Crippen LogP contribution is 1.93. The quantitative estimate of drug-likeness (QED) is 0.465. The van der Waals surface area contributed by atoms with Crippen molar-refractivity contribution in [3.63, 3.8) is 0 Å². The smallest absolute Gasteiger partial charge is 0.0541 e. The fraction of sp³-hybridized carbons (Fsp3) is 0.400. The van der Waals surface area contributed by atoms with Crippen LogP contribution < -0.4 is 0 Å². The van der Waals surface area contributed by atoms with Gasteiger partial charge in [0, 0.05) is 13.3 Å². The van der Waals surface area contributed by atoms with Crippen molar-refractivity contribution >= 4 is 17.8 Å². The molecule has 1 nitrogen and oxygen atoms in total. The highest BCUT2D eigenvalue weighted by Gasteiger charge is 1.74. The Bertz CT molecular complexity index is 94.3. The zero-order chi connectivity index (χ0) is 5.70. The van der Waals surface area contributed by atoms with Gasteiger partial charge in [0.15, 0.2) is 0 Å². The van der Waals surface area contributed by atoms with Gasteiger partial charge < -0.3 is 0 Å². The van der Waals surface area contributed by atoms with Crippen molar-refractivity contribution < 1.29 is 0 Å². The van der Waals surface area contributed by atoms with Crippen LogP contribution in [0.1, 0.15) is 6.92 Å². The van der Waals surface area contributed by atoms with Crippen molar-refractivity contribution in [3.05, 3.63) is 11.1 Å². The number of halogens is 1.